The molecular formula is C20H33N3O3S. The number of nitrogens with one attached hydrogen (secondary N) is 2. The number of sulfonamides is 1. The lowest BCUT2D eigenvalue weighted by Gasteiger charge is -2.34. The van der Waals surface area contributed by atoms with Crippen molar-refractivity contribution in [2.45, 2.75) is 51.9 Å². The van der Waals surface area contributed by atoms with Crippen molar-refractivity contribution in [2.24, 2.45) is 11.3 Å². The van der Waals surface area contributed by atoms with E-state index in [0.29, 0.717) is 19.6 Å². The van der Waals surface area contributed by atoms with E-state index in [1.165, 1.54) is 0 Å². The van der Waals surface area contributed by atoms with Crippen molar-refractivity contribution in [3.05, 3.63) is 29.8 Å². The molecule has 1 unspecified atom stereocenters. The highest BCUT2D eigenvalue weighted by atomic mass is 32.2. The molecule has 1 aliphatic rings. The number of aryl methyl sites for hydroxylation is 1. The zero-order valence-corrected chi connectivity index (χ0v) is 17.7. The molecule has 1 heterocycles. The maximum atomic E-state index is 12.4. The minimum absolute atomic E-state index is 0.0531. The third-order valence-corrected chi connectivity index (χ3v) is 6.81. The van der Waals surface area contributed by atoms with Gasteiger partial charge in [0, 0.05) is 26.2 Å². The van der Waals surface area contributed by atoms with Gasteiger partial charge >= 0.3 is 6.03 Å². The van der Waals surface area contributed by atoms with Crippen molar-refractivity contribution in [2.75, 3.05) is 26.2 Å². The molecule has 1 aliphatic heterocycles. The minimum atomic E-state index is -3.52. The van der Waals surface area contributed by atoms with Crippen LogP contribution in [0.25, 0.3) is 0 Å². The summed E-state index contributed by atoms with van der Waals surface area (Å²) < 4.78 is 27.6. The van der Waals surface area contributed by atoms with Crippen molar-refractivity contribution in [1.82, 2.24) is 14.9 Å². The summed E-state index contributed by atoms with van der Waals surface area (Å²) in [6.45, 7) is 10.6. The molecule has 1 saturated heterocycles. The van der Waals surface area contributed by atoms with Crippen LogP contribution in [0.2, 0.25) is 0 Å². The fraction of sp³-hybridized carbons (Fsp3) is 0.650. The van der Waals surface area contributed by atoms with E-state index < -0.39 is 10.0 Å². The number of carbonyl (C=O) groups excluding carboxylic acids is 1. The average molecular weight is 396 g/mol. The Hall–Kier alpha value is -1.60. The molecule has 0 saturated carbocycles. The topological polar surface area (TPSA) is 78.5 Å². The predicted octanol–water partition coefficient (Wildman–Crippen LogP) is 3.13. The van der Waals surface area contributed by atoms with E-state index in [2.05, 4.69) is 30.8 Å². The Kier molecular flexibility index (Phi) is 7.28. The van der Waals surface area contributed by atoms with Crippen LogP contribution in [0.1, 0.15) is 45.6 Å². The van der Waals surface area contributed by atoms with Gasteiger partial charge in [0.25, 0.3) is 0 Å². The van der Waals surface area contributed by atoms with Gasteiger partial charge in [0.2, 0.25) is 10.0 Å². The number of hydrogen-bond donors (Lipinski definition) is 2. The van der Waals surface area contributed by atoms with Gasteiger partial charge < -0.3 is 10.2 Å². The second-order valence-corrected chi connectivity index (χ2v) is 10.1. The number of carbonyl (C=O) groups is 1. The second-order valence-electron chi connectivity index (χ2n) is 8.30. The van der Waals surface area contributed by atoms with Crippen LogP contribution in [0, 0.1) is 18.3 Å². The molecule has 6 nitrogen and oxygen atoms in total. The van der Waals surface area contributed by atoms with Crippen molar-refractivity contribution < 1.29 is 13.2 Å². The van der Waals surface area contributed by atoms with Crippen LogP contribution in [0.15, 0.2) is 29.2 Å². The molecule has 1 aromatic carbocycles. The predicted molar refractivity (Wildman–Crippen MR) is 108 cm³/mol. The smallest absolute Gasteiger partial charge is 0.317 e. The SMILES string of the molecule is CCC(C)(C)CNC(=O)N1CCCC(CNS(=O)(=O)c2ccc(C)cc2)C1. The largest absolute Gasteiger partial charge is 0.337 e. The third kappa shape index (κ3) is 6.50. The Labute approximate surface area is 163 Å². The van der Waals surface area contributed by atoms with E-state index in [0.717, 1.165) is 31.4 Å². The highest BCUT2D eigenvalue weighted by Gasteiger charge is 2.26. The summed E-state index contributed by atoms with van der Waals surface area (Å²) in [5.74, 6) is 0.129. The molecule has 2 N–H and O–H groups in total. The molecule has 152 valence electrons. The Morgan fingerprint density at radius 1 is 1.26 bits per heavy atom. The van der Waals surface area contributed by atoms with Gasteiger partial charge in [-0.15, -0.1) is 0 Å². The Morgan fingerprint density at radius 3 is 2.56 bits per heavy atom. The first-order valence-electron chi connectivity index (χ1n) is 9.72. The van der Waals surface area contributed by atoms with Crippen LogP contribution in [-0.2, 0) is 10.0 Å². The lowest BCUT2D eigenvalue weighted by Crippen LogP contribution is -2.49. The van der Waals surface area contributed by atoms with Crippen LogP contribution < -0.4 is 10.0 Å². The lowest BCUT2D eigenvalue weighted by molar-refractivity contribution is 0.161. The van der Waals surface area contributed by atoms with E-state index in [1.54, 1.807) is 29.2 Å². The first kappa shape index (κ1) is 21.7. The number of benzene rings is 1. The summed E-state index contributed by atoms with van der Waals surface area (Å²) in [6.07, 6.45) is 2.80. The number of piperidine rings is 1. The van der Waals surface area contributed by atoms with Crippen LogP contribution in [0.4, 0.5) is 4.79 Å². The normalized spacial score (nSPS) is 18.4. The Morgan fingerprint density at radius 2 is 1.93 bits per heavy atom. The molecule has 2 amide bonds. The standard InChI is InChI=1S/C20H33N3O3S/c1-5-20(3,4)15-21-19(24)23-12-6-7-17(14-23)13-22-27(25,26)18-10-8-16(2)9-11-18/h8-11,17,22H,5-7,12-15H2,1-4H3,(H,21,24). The van der Waals surface area contributed by atoms with Gasteiger partial charge in [-0.2, -0.15) is 0 Å². The molecule has 0 bridgehead atoms. The van der Waals surface area contributed by atoms with Crippen molar-refractivity contribution in [3.8, 4) is 0 Å². The Bertz CT molecular complexity index is 729. The van der Waals surface area contributed by atoms with Crippen molar-refractivity contribution in [1.29, 1.82) is 0 Å². The summed E-state index contributed by atoms with van der Waals surface area (Å²) in [7, 11) is -3.52. The monoisotopic (exact) mass is 395 g/mol. The molecule has 27 heavy (non-hydrogen) atoms. The van der Waals surface area contributed by atoms with Crippen LogP contribution >= 0.6 is 0 Å². The highest BCUT2D eigenvalue weighted by Crippen LogP contribution is 2.20. The first-order chi connectivity index (χ1) is 12.6. The molecule has 1 atom stereocenters. The van der Waals surface area contributed by atoms with Crippen LogP contribution in [-0.4, -0.2) is 45.5 Å². The molecule has 0 aromatic heterocycles. The minimum Gasteiger partial charge on any atom is -0.337 e. The van der Waals surface area contributed by atoms with Crippen LogP contribution in [0.5, 0.6) is 0 Å². The fourth-order valence-corrected chi connectivity index (χ4v) is 4.11. The Balaban J connectivity index is 1.87. The molecule has 2 rings (SSSR count). The molecule has 0 spiro atoms. The van der Waals surface area contributed by atoms with Gasteiger partial charge in [0.15, 0.2) is 0 Å². The number of hydrogen-bond acceptors (Lipinski definition) is 3. The van der Waals surface area contributed by atoms with E-state index >= 15 is 0 Å². The molecule has 0 aliphatic carbocycles. The van der Waals surface area contributed by atoms with Crippen molar-refractivity contribution >= 4 is 16.1 Å². The summed E-state index contributed by atoms with van der Waals surface area (Å²) in [5.41, 5.74) is 1.10. The van der Waals surface area contributed by atoms with Gasteiger partial charge in [-0.05, 0) is 49.7 Å². The molecule has 7 heteroatoms. The van der Waals surface area contributed by atoms with E-state index in [1.807, 2.05) is 6.92 Å². The lowest BCUT2D eigenvalue weighted by atomic mass is 9.90. The van der Waals surface area contributed by atoms with Gasteiger partial charge in [-0.3, -0.25) is 0 Å². The van der Waals surface area contributed by atoms with E-state index in [-0.39, 0.29) is 22.3 Å². The molecule has 0 radical (unpaired) electrons. The summed E-state index contributed by atoms with van der Waals surface area (Å²) in [4.78, 5) is 14.5. The summed E-state index contributed by atoms with van der Waals surface area (Å²) in [5, 5.41) is 3.02. The fourth-order valence-electron chi connectivity index (χ4n) is 3.00. The quantitative estimate of drug-likeness (QED) is 0.744. The number of amides is 2. The number of likely N-dealkylation sites (tertiary alicyclic amines) is 1. The molecular weight excluding hydrogens is 362 g/mol. The first-order valence-corrected chi connectivity index (χ1v) is 11.2. The second kappa shape index (κ2) is 9.06. The molecule has 1 aromatic rings. The van der Waals surface area contributed by atoms with E-state index in [4.69, 9.17) is 0 Å². The zero-order chi connectivity index (χ0) is 20.1. The van der Waals surface area contributed by atoms with Gasteiger partial charge in [0.1, 0.15) is 0 Å². The maximum absolute atomic E-state index is 12.4. The van der Waals surface area contributed by atoms with Gasteiger partial charge in [-0.1, -0.05) is 38.5 Å². The third-order valence-electron chi connectivity index (χ3n) is 5.37. The summed E-state index contributed by atoms with van der Waals surface area (Å²) in [6, 6.07) is 6.77. The zero-order valence-electron chi connectivity index (χ0n) is 16.9. The summed E-state index contributed by atoms with van der Waals surface area (Å²) >= 11 is 0. The molecule has 1 fully saturated rings. The number of nitrogens with zero attached hydrogens (tertiary/aromatic N) is 1. The van der Waals surface area contributed by atoms with Crippen molar-refractivity contribution in [3.63, 3.8) is 0 Å². The maximum Gasteiger partial charge on any atom is 0.317 e. The van der Waals surface area contributed by atoms with Crippen LogP contribution in [0.3, 0.4) is 0 Å². The van der Waals surface area contributed by atoms with E-state index in [9.17, 15) is 13.2 Å². The highest BCUT2D eigenvalue weighted by molar-refractivity contribution is 7.89. The number of urea groups is 1. The number of rotatable bonds is 7. The van der Waals surface area contributed by atoms with Gasteiger partial charge in [0.05, 0.1) is 4.90 Å². The van der Waals surface area contributed by atoms with Gasteiger partial charge in [-0.25, -0.2) is 17.9 Å². The average Bonchev–Trinajstić information content (AvgIpc) is 2.65.